The van der Waals surface area contributed by atoms with Crippen molar-refractivity contribution in [1.82, 2.24) is 4.90 Å². The van der Waals surface area contributed by atoms with Crippen molar-refractivity contribution in [2.75, 3.05) is 46.3 Å². The molecule has 1 heterocycles. The molecule has 3 atom stereocenters. The van der Waals surface area contributed by atoms with Crippen molar-refractivity contribution in [3.63, 3.8) is 0 Å². The second-order valence-corrected chi connectivity index (χ2v) is 11.2. The van der Waals surface area contributed by atoms with E-state index in [0.717, 1.165) is 17.7 Å². The van der Waals surface area contributed by atoms with E-state index in [-0.39, 0.29) is 24.8 Å². The van der Waals surface area contributed by atoms with Crippen LogP contribution in [0.2, 0.25) is 0 Å². The van der Waals surface area contributed by atoms with E-state index in [4.69, 9.17) is 19.9 Å². The predicted octanol–water partition coefficient (Wildman–Crippen LogP) is 3.94. The van der Waals surface area contributed by atoms with E-state index >= 15 is 0 Å². The van der Waals surface area contributed by atoms with E-state index in [0.29, 0.717) is 46.7 Å². The largest absolute Gasteiger partial charge is 0.508 e. The first kappa shape index (κ1) is 32.2. The maximum atomic E-state index is 14.0. The highest BCUT2D eigenvalue weighted by Gasteiger charge is 2.43. The number of phenolic OH excluding ortho intramolecular Hbond substituents is 1. The Morgan fingerprint density at radius 3 is 2.27 bits per heavy atom. The van der Waals surface area contributed by atoms with Crippen molar-refractivity contribution in [3.8, 4) is 17.2 Å². The lowest BCUT2D eigenvalue weighted by atomic mass is 10.0. The number of amides is 3. The van der Waals surface area contributed by atoms with E-state index < -0.39 is 23.9 Å². The van der Waals surface area contributed by atoms with E-state index in [9.17, 15) is 19.5 Å². The number of anilines is 1. The van der Waals surface area contributed by atoms with E-state index in [2.05, 4.69) is 12.4 Å². The van der Waals surface area contributed by atoms with Crippen LogP contribution in [0.3, 0.4) is 0 Å². The van der Waals surface area contributed by atoms with Crippen molar-refractivity contribution in [3.05, 3.63) is 83.4 Å². The average Bonchev–Trinajstić information content (AvgIpc) is 3.38. The van der Waals surface area contributed by atoms with Gasteiger partial charge in [0.05, 0.1) is 52.6 Å². The minimum absolute atomic E-state index is 0.101. The highest BCUT2D eigenvalue weighted by molar-refractivity contribution is 5.95. The van der Waals surface area contributed by atoms with E-state index in [1.54, 1.807) is 62.4 Å². The molecule has 44 heavy (non-hydrogen) atoms. The summed E-state index contributed by atoms with van der Waals surface area (Å²) in [6.07, 6.45) is 0.832. The topological polar surface area (TPSA) is 140 Å². The molecule has 1 aliphatic heterocycles. The number of benzene rings is 3. The van der Waals surface area contributed by atoms with Crippen LogP contribution in [0.25, 0.3) is 0 Å². The highest BCUT2D eigenvalue weighted by atomic mass is 16.5. The lowest BCUT2D eigenvalue weighted by molar-refractivity contribution is -0.911. The SMILES string of the molecule is CCOC(=O)c1ccc(NC(=O)N([C@@H]2CC[N+](C)(Cc3ccc(OC)c(OC)c3)C2)[C@@H](Cc2ccc(O)cc2)C(N)=O)cc1. The molecule has 11 nitrogen and oxygen atoms in total. The van der Waals surface area contributed by atoms with Crippen LogP contribution in [-0.4, -0.2) is 85.4 Å². The first-order valence-corrected chi connectivity index (χ1v) is 14.5. The number of carbonyl (C=O) groups excluding carboxylic acids is 3. The number of aromatic hydroxyl groups is 1. The van der Waals surface area contributed by atoms with Crippen LogP contribution in [0.4, 0.5) is 10.5 Å². The number of likely N-dealkylation sites (N-methyl/N-ethyl adjacent to an activating group) is 1. The van der Waals surface area contributed by atoms with Gasteiger partial charge in [-0.05, 0) is 67.1 Å². The Hall–Kier alpha value is -4.77. The van der Waals surface area contributed by atoms with Crippen LogP contribution in [-0.2, 0) is 22.5 Å². The number of rotatable bonds is 12. The van der Waals surface area contributed by atoms with Gasteiger partial charge in [-0.15, -0.1) is 0 Å². The summed E-state index contributed by atoms with van der Waals surface area (Å²) in [4.78, 5) is 40.6. The molecule has 234 valence electrons. The van der Waals surface area contributed by atoms with Gasteiger partial charge in [0.1, 0.15) is 18.3 Å². The van der Waals surface area contributed by atoms with Crippen LogP contribution < -0.4 is 20.5 Å². The smallest absolute Gasteiger partial charge is 0.338 e. The van der Waals surface area contributed by atoms with Crippen LogP contribution in [0, 0.1) is 0 Å². The average molecular weight is 606 g/mol. The predicted molar refractivity (Wildman–Crippen MR) is 166 cm³/mol. The summed E-state index contributed by atoms with van der Waals surface area (Å²) in [5.41, 5.74) is 8.59. The maximum absolute atomic E-state index is 14.0. The quantitative estimate of drug-likeness (QED) is 0.210. The lowest BCUT2D eigenvalue weighted by Gasteiger charge is -2.36. The van der Waals surface area contributed by atoms with E-state index in [1.807, 2.05) is 18.2 Å². The number of quaternary nitrogens is 1. The molecule has 4 rings (SSSR count). The Kier molecular flexibility index (Phi) is 10.3. The van der Waals surface area contributed by atoms with Crippen LogP contribution in [0.15, 0.2) is 66.7 Å². The third kappa shape index (κ3) is 7.78. The number of nitrogens with two attached hydrogens (primary N) is 1. The molecule has 0 saturated carbocycles. The number of esters is 1. The molecular formula is C33H41N4O7+. The van der Waals surface area contributed by atoms with Gasteiger partial charge >= 0.3 is 12.0 Å². The van der Waals surface area contributed by atoms with Crippen LogP contribution in [0.5, 0.6) is 17.2 Å². The number of phenols is 1. The third-order valence-corrected chi connectivity index (χ3v) is 7.97. The number of carbonyl (C=O) groups is 3. The number of primary amides is 1. The van der Waals surface area contributed by atoms with Gasteiger partial charge in [0.25, 0.3) is 0 Å². The molecule has 1 aliphatic rings. The second kappa shape index (κ2) is 14.1. The highest BCUT2D eigenvalue weighted by Crippen LogP contribution is 2.32. The minimum Gasteiger partial charge on any atom is -0.508 e. The molecule has 1 fully saturated rings. The molecule has 0 bridgehead atoms. The molecule has 3 amide bonds. The number of methoxy groups -OCH3 is 2. The van der Waals surface area contributed by atoms with Gasteiger partial charge < -0.3 is 39.8 Å². The summed E-state index contributed by atoms with van der Waals surface area (Å²) in [5, 5.41) is 12.6. The van der Waals surface area contributed by atoms with Gasteiger partial charge in [-0.3, -0.25) is 4.79 Å². The van der Waals surface area contributed by atoms with Gasteiger partial charge in [0.2, 0.25) is 5.91 Å². The second-order valence-electron chi connectivity index (χ2n) is 11.2. The molecule has 3 aromatic carbocycles. The molecule has 0 aromatic heterocycles. The van der Waals surface area contributed by atoms with Crippen LogP contribution in [0.1, 0.15) is 34.8 Å². The Morgan fingerprint density at radius 2 is 1.66 bits per heavy atom. The maximum Gasteiger partial charge on any atom is 0.338 e. The summed E-state index contributed by atoms with van der Waals surface area (Å²) < 4.78 is 16.5. The standard InChI is InChI=1S/C33H40N4O7/c1-5-44-32(40)24-9-11-25(12-10-24)35-33(41)36(28(31(34)39)18-22-6-13-27(38)14-7-22)26-16-17-37(2,21-26)20-23-8-15-29(42-3)30(19-23)43-4/h6-15,19,26,28H,5,16-18,20-21H2,1-4H3,(H3-,34,35,38,39,40,41)/p+1/t26-,28+,37?/m1/s1. The normalized spacial score (nSPS) is 18.2. The fraction of sp³-hybridized carbons (Fsp3) is 0.364. The van der Waals surface area contributed by atoms with Gasteiger partial charge in [0.15, 0.2) is 11.5 Å². The summed E-state index contributed by atoms with van der Waals surface area (Å²) in [6.45, 7) is 4.02. The first-order chi connectivity index (χ1) is 21.1. The minimum atomic E-state index is -0.948. The molecular weight excluding hydrogens is 564 g/mol. The number of urea groups is 1. The number of hydrogen-bond acceptors (Lipinski definition) is 7. The number of ether oxygens (including phenoxy) is 3. The summed E-state index contributed by atoms with van der Waals surface area (Å²) in [6, 6.07) is 17.0. The van der Waals surface area contributed by atoms with Gasteiger partial charge in [0, 0.05) is 24.1 Å². The number of hydrogen-bond donors (Lipinski definition) is 3. The molecule has 0 radical (unpaired) electrons. The van der Waals surface area contributed by atoms with E-state index in [1.165, 1.54) is 12.1 Å². The molecule has 1 saturated heterocycles. The van der Waals surface area contributed by atoms with Crippen molar-refractivity contribution in [2.45, 2.75) is 38.4 Å². The molecule has 3 aromatic rings. The fourth-order valence-electron chi connectivity index (χ4n) is 5.79. The van der Waals surface area contributed by atoms with Crippen molar-refractivity contribution < 1.29 is 38.2 Å². The van der Waals surface area contributed by atoms with Crippen molar-refractivity contribution in [2.24, 2.45) is 5.73 Å². The summed E-state index contributed by atoms with van der Waals surface area (Å²) in [5.74, 6) is 0.309. The molecule has 1 unspecified atom stereocenters. The zero-order chi connectivity index (χ0) is 31.9. The monoisotopic (exact) mass is 605 g/mol. The Bertz CT molecular complexity index is 1460. The third-order valence-electron chi connectivity index (χ3n) is 7.97. The lowest BCUT2D eigenvalue weighted by Crippen LogP contribution is -2.56. The zero-order valence-electron chi connectivity index (χ0n) is 25.6. The Morgan fingerprint density at radius 1 is 1.00 bits per heavy atom. The van der Waals surface area contributed by atoms with Crippen molar-refractivity contribution in [1.29, 1.82) is 0 Å². The molecule has 0 spiro atoms. The van der Waals surface area contributed by atoms with Crippen LogP contribution >= 0.6 is 0 Å². The number of nitrogens with one attached hydrogen (secondary N) is 1. The van der Waals surface area contributed by atoms with Gasteiger partial charge in [-0.25, -0.2) is 9.59 Å². The Balaban J connectivity index is 1.60. The molecule has 4 N–H and O–H groups in total. The summed E-state index contributed by atoms with van der Waals surface area (Å²) in [7, 11) is 5.32. The molecule has 0 aliphatic carbocycles. The fourth-order valence-corrected chi connectivity index (χ4v) is 5.79. The first-order valence-electron chi connectivity index (χ1n) is 14.5. The Labute approximate surface area is 257 Å². The van der Waals surface area contributed by atoms with Crippen molar-refractivity contribution >= 4 is 23.6 Å². The van der Waals surface area contributed by atoms with Gasteiger partial charge in [-0.2, -0.15) is 0 Å². The van der Waals surface area contributed by atoms with Gasteiger partial charge in [-0.1, -0.05) is 12.1 Å². The summed E-state index contributed by atoms with van der Waals surface area (Å²) >= 11 is 0. The molecule has 11 heteroatoms. The zero-order valence-corrected chi connectivity index (χ0v) is 25.6. The number of nitrogens with zero attached hydrogens (tertiary/aromatic N) is 2. The number of likely N-dealkylation sites (tertiary alicyclic amines) is 1.